The number of fused-ring (bicyclic) bond motifs is 3. The van der Waals surface area contributed by atoms with Crippen LogP contribution < -0.4 is 9.62 Å². The summed E-state index contributed by atoms with van der Waals surface area (Å²) in [6.45, 7) is 4.61. The van der Waals surface area contributed by atoms with E-state index >= 15 is 0 Å². The Labute approximate surface area is 285 Å². The second kappa shape index (κ2) is 13.7. The van der Waals surface area contributed by atoms with Crippen molar-refractivity contribution in [1.82, 2.24) is 4.90 Å². The van der Waals surface area contributed by atoms with Crippen LogP contribution in [0.2, 0.25) is 5.02 Å². The van der Waals surface area contributed by atoms with E-state index in [1.54, 1.807) is 26.8 Å². The summed E-state index contributed by atoms with van der Waals surface area (Å²) < 4.78 is 34.7. The zero-order valence-corrected chi connectivity index (χ0v) is 28.5. The number of benzene rings is 4. The Balaban J connectivity index is 1.29. The highest BCUT2D eigenvalue weighted by atomic mass is 35.5. The number of carbonyl (C=O) groups is 3. The molecule has 0 fully saturated rings. The van der Waals surface area contributed by atoms with Crippen molar-refractivity contribution < 1.29 is 32.6 Å². The molecule has 4 aromatic carbocycles. The lowest BCUT2D eigenvalue weighted by Gasteiger charge is -2.37. The van der Waals surface area contributed by atoms with Crippen molar-refractivity contribution in [1.29, 1.82) is 0 Å². The molecule has 0 aromatic heterocycles. The second-order valence-corrected chi connectivity index (χ2v) is 14.9. The molecular formula is C36H36ClN3O7S. The second-order valence-electron chi connectivity index (χ2n) is 12.6. The molecule has 0 bridgehead atoms. The fraction of sp³-hybridized carbons (Fsp3) is 0.250. The van der Waals surface area contributed by atoms with Crippen LogP contribution in [0, 0.1) is 5.41 Å². The maximum Gasteiger partial charge on any atom is 0.409 e. The van der Waals surface area contributed by atoms with E-state index in [4.69, 9.17) is 16.3 Å². The topological polar surface area (TPSA) is 133 Å². The summed E-state index contributed by atoms with van der Waals surface area (Å²) in [5.41, 5.74) is 3.51. The first-order chi connectivity index (χ1) is 22.7. The quantitative estimate of drug-likeness (QED) is 0.186. The molecule has 0 aliphatic heterocycles. The van der Waals surface area contributed by atoms with Crippen molar-refractivity contribution in [2.24, 2.45) is 5.41 Å². The SMILES string of the molecule is CN(CC(=O)Nc1cccc(S(=O)(=O)N(c2cccc(Cl)c2)C(C(=O)O)C(C)(C)C)c1)C(=O)OCC1c2ccccc2-c2ccccc21. The molecule has 0 saturated heterocycles. The maximum atomic E-state index is 14.1. The molecule has 5 rings (SSSR count). The number of carboxylic acid groups (broad SMARTS) is 1. The third kappa shape index (κ3) is 7.17. The Hall–Kier alpha value is -4.87. The van der Waals surface area contributed by atoms with Gasteiger partial charge in [-0.3, -0.25) is 9.10 Å². The van der Waals surface area contributed by atoms with Crippen molar-refractivity contribution in [2.75, 3.05) is 29.8 Å². The van der Waals surface area contributed by atoms with Crippen LogP contribution in [0.5, 0.6) is 0 Å². The first-order valence-corrected chi connectivity index (χ1v) is 17.0. The van der Waals surface area contributed by atoms with Crippen LogP contribution in [-0.4, -0.2) is 62.6 Å². The van der Waals surface area contributed by atoms with E-state index in [-0.39, 0.29) is 40.4 Å². The minimum atomic E-state index is -4.49. The van der Waals surface area contributed by atoms with Gasteiger partial charge in [0, 0.05) is 23.7 Å². The smallest absolute Gasteiger partial charge is 0.409 e. The highest BCUT2D eigenvalue weighted by Crippen LogP contribution is 2.44. The molecule has 1 aliphatic carbocycles. The lowest BCUT2D eigenvalue weighted by Crippen LogP contribution is -2.52. The average Bonchev–Trinajstić information content (AvgIpc) is 3.35. The number of nitrogens with zero attached hydrogens (tertiary/aromatic N) is 2. The van der Waals surface area contributed by atoms with Crippen molar-refractivity contribution in [3.8, 4) is 11.1 Å². The Kier molecular flexibility index (Phi) is 9.84. The molecule has 2 N–H and O–H groups in total. The Morgan fingerprint density at radius 2 is 1.50 bits per heavy atom. The number of nitrogens with one attached hydrogen (secondary N) is 1. The van der Waals surface area contributed by atoms with Gasteiger partial charge in [0.05, 0.1) is 10.6 Å². The first kappa shape index (κ1) is 34.5. The fourth-order valence-corrected chi connectivity index (χ4v) is 7.91. The van der Waals surface area contributed by atoms with Gasteiger partial charge in [-0.15, -0.1) is 0 Å². The normalized spacial score (nSPS) is 13.2. The van der Waals surface area contributed by atoms with Crippen LogP contribution in [0.4, 0.5) is 16.2 Å². The summed E-state index contributed by atoms with van der Waals surface area (Å²) in [6.07, 6.45) is -0.692. The van der Waals surface area contributed by atoms with Crippen molar-refractivity contribution in [3.63, 3.8) is 0 Å². The summed E-state index contributed by atoms with van der Waals surface area (Å²) >= 11 is 6.17. The molecule has 250 valence electrons. The number of aliphatic carboxylic acids is 1. The van der Waals surface area contributed by atoms with E-state index in [1.807, 2.05) is 48.5 Å². The summed E-state index contributed by atoms with van der Waals surface area (Å²) in [4.78, 5) is 39.3. The number of hydrogen-bond acceptors (Lipinski definition) is 6. The van der Waals surface area contributed by atoms with Crippen LogP contribution in [0.15, 0.2) is 102 Å². The molecule has 1 atom stereocenters. The Morgan fingerprint density at radius 1 is 0.896 bits per heavy atom. The number of likely N-dealkylation sites (N-methyl/N-ethyl adjacent to an activating group) is 1. The van der Waals surface area contributed by atoms with Gasteiger partial charge in [0.2, 0.25) is 5.91 Å². The summed E-state index contributed by atoms with van der Waals surface area (Å²) in [5, 5.41) is 13.0. The highest BCUT2D eigenvalue weighted by molar-refractivity contribution is 7.93. The van der Waals surface area contributed by atoms with Crippen LogP contribution >= 0.6 is 11.6 Å². The van der Waals surface area contributed by atoms with Gasteiger partial charge in [-0.05, 0) is 64.1 Å². The first-order valence-electron chi connectivity index (χ1n) is 15.2. The summed E-state index contributed by atoms with van der Waals surface area (Å²) in [7, 11) is -3.06. The van der Waals surface area contributed by atoms with Crippen LogP contribution in [0.1, 0.15) is 37.8 Å². The van der Waals surface area contributed by atoms with Crippen LogP contribution in [-0.2, 0) is 24.3 Å². The number of sulfonamides is 1. The zero-order valence-electron chi connectivity index (χ0n) is 26.9. The molecule has 2 amide bonds. The number of anilines is 2. The Bertz CT molecular complexity index is 1930. The molecule has 48 heavy (non-hydrogen) atoms. The summed E-state index contributed by atoms with van der Waals surface area (Å²) in [5.74, 6) is -2.07. The van der Waals surface area contributed by atoms with E-state index in [0.29, 0.717) is 0 Å². The van der Waals surface area contributed by atoms with E-state index in [1.165, 1.54) is 49.5 Å². The van der Waals surface area contributed by atoms with Crippen molar-refractivity contribution >= 4 is 51.0 Å². The predicted octanol–water partition coefficient (Wildman–Crippen LogP) is 6.85. The van der Waals surface area contributed by atoms with Crippen molar-refractivity contribution in [3.05, 3.63) is 113 Å². The van der Waals surface area contributed by atoms with Crippen LogP contribution in [0.3, 0.4) is 0 Å². The van der Waals surface area contributed by atoms with Gasteiger partial charge in [0.1, 0.15) is 19.2 Å². The van der Waals surface area contributed by atoms with Gasteiger partial charge in [-0.2, -0.15) is 0 Å². The van der Waals surface area contributed by atoms with E-state index in [0.717, 1.165) is 31.5 Å². The lowest BCUT2D eigenvalue weighted by molar-refractivity contribution is -0.140. The van der Waals surface area contributed by atoms with Gasteiger partial charge in [-0.1, -0.05) is 93.0 Å². The molecule has 1 aliphatic rings. The van der Waals surface area contributed by atoms with E-state index in [9.17, 15) is 27.9 Å². The van der Waals surface area contributed by atoms with E-state index < -0.39 is 39.4 Å². The third-order valence-electron chi connectivity index (χ3n) is 8.05. The molecule has 10 nitrogen and oxygen atoms in total. The molecule has 0 heterocycles. The fourth-order valence-electron chi connectivity index (χ4n) is 5.89. The van der Waals surface area contributed by atoms with Gasteiger partial charge >= 0.3 is 12.1 Å². The molecule has 0 radical (unpaired) electrons. The minimum Gasteiger partial charge on any atom is -0.480 e. The molecule has 12 heteroatoms. The summed E-state index contributed by atoms with van der Waals surface area (Å²) in [6, 6.07) is 25.8. The highest BCUT2D eigenvalue weighted by Gasteiger charge is 2.43. The zero-order chi connectivity index (χ0) is 34.8. The molecule has 1 unspecified atom stereocenters. The minimum absolute atomic E-state index is 0.0731. The predicted molar refractivity (Wildman–Crippen MR) is 185 cm³/mol. The number of carbonyl (C=O) groups excluding carboxylic acids is 2. The number of ether oxygens (including phenoxy) is 1. The van der Waals surface area contributed by atoms with Gasteiger partial charge in [-0.25, -0.2) is 18.0 Å². The number of amides is 2. The standard InChI is InChI=1S/C36H36ClN3O7S/c1-36(2,3)33(34(42)43)40(25-13-9-11-23(37)19-25)48(45,46)26-14-10-12-24(20-26)38-32(41)21-39(4)35(44)47-22-31-29-17-7-5-15-27(29)28-16-6-8-18-30(28)31/h5-20,31,33H,21-22H2,1-4H3,(H,38,41)(H,42,43). The largest absolute Gasteiger partial charge is 0.480 e. The molecule has 4 aromatic rings. The lowest BCUT2D eigenvalue weighted by atomic mass is 9.86. The number of halogens is 1. The number of rotatable bonds is 10. The van der Waals surface area contributed by atoms with Gasteiger partial charge in [0.25, 0.3) is 10.0 Å². The molecular weight excluding hydrogens is 654 g/mol. The van der Waals surface area contributed by atoms with Crippen molar-refractivity contribution in [2.45, 2.75) is 37.6 Å². The van der Waals surface area contributed by atoms with Gasteiger partial charge < -0.3 is 20.1 Å². The van der Waals surface area contributed by atoms with E-state index in [2.05, 4.69) is 5.32 Å². The molecule has 0 saturated carbocycles. The Morgan fingerprint density at radius 3 is 2.08 bits per heavy atom. The number of hydrogen-bond donors (Lipinski definition) is 2. The average molecular weight is 690 g/mol. The molecule has 0 spiro atoms. The van der Waals surface area contributed by atoms with Crippen LogP contribution in [0.25, 0.3) is 11.1 Å². The number of carboxylic acids is 1. The monoisotopic (exact) mass is 689 g/mol. The third-order valence-corrected chi connectivity index (χ3v) is 10.1. The van der Waals surface area contributed by atoms with Gasteiger partial charge in [0.15, 0.2) is 0 Å². The maximum absolute atomic E-state index is 14.1.